The molecular weight excluding hydrogens is 192 g/mol. The van der Waals surface area contributed by atoms with Gasteiger partial charge in [0.2, 0.25) is 0 Å². The van der Waals surface area contributed by atoms with Gasteiger partial charge in [-0.1, -0.05) is 77.4 Å². The molecule has 0 rings (SSSR count). The predicted octanol–water partition coefficient (Wildman–Crippen LogP) is 6.08. The minimum atomic E-state index is 1.27. The van der Waals surface area contributed by atoms with E-state index in [2.05, 4.69) is 32.4 Å². The van der Waals surface area contributed by atoms with Crippen molar-refractivity contribution in [1.29, 1.82) is 0 Å². The summed E-state index contributed by atoms with van der Waals surface area (Å²) in [6, 6.07) is 0. The van der Waals surface area contributed by atoms with E-state index in [0.29, 0.717) is 0 Å². The summed E-state index contributed by atoms with van der Waals surface area (Å²) in [7, 11) is 0. The third-order valence-corrected chi connectivity index (χ3v) is 2.97. The lowest BCUT2D eigenvalue weighted by Gasteiger charge is -1.97. The predicted molar refractivity (Wildman–Crippen MR) is 75.6 cm³/mol. The fraction of sp³-hybridized carbons (Fsp3) is 0.812. The van der Waals surface area contributed by atoms with E-state index < -0.39 is 0 Å². The van der Waals surface area contributed by atoms with Crippen LogP contribution in [0.4, 0.5) is 0 Å². The van der Waals surface area contributed by atoms with Crippen LogP contribution >= 0.6 is 0 Å². The maximum atomic E-state index is 2.34. The van der Waals surface area contributed by atoms with Crippen LogP contribution in [-0.4, -0.2) is 0 Å². The van der Waals surface area contributed by atoms with Gasteiger partial charge in [-0.25, -0.2) is 0 Å². The van der Waals surface area contributed by atoms with Crippen LogP contribution in [0.5, 0.6) is 0 Å². The molecule has 0 unspecified atom stereocenters. The SMILES string of the molecule is CCCCCC[CH]/C=C/CCCCCCC. The summed E-state index contributed by atoms with van der Waals surface area (Å²) >= 11 is 0. The molecule has 0 saturated heterocycles. The van der Waals surface area contributed by atoms with Gasteiger partial charge in [-0.3, -0.25) is 0 Å². The zero-order chi connectivity index (χ0) is 11.9. The summed E-state index contributed by atoms with van der Waals surface area (Å²) in [5.41, 5.74) is 0. The summed E-state index contributed by atoms with van der Waals surface area (Å²) in [5.74, 6) is 0. The molecule has 0 spiro atoms. The number of hydrogen-bond acceptors (Lipinski definition) is 0. The van der Waals surface area contributed by atoms with Crippen LogP contribution in [0, 0.1) is 6.42 Å². The van der Waals surface area contributed by atoms with Crippen molar-refractivity contribution < 1.29 is 0 Å². The van der Waals surface area contributed by atoms with Gasteiger partial charge in [0.15, 0.2) is 0 Å². The second kappa shape index (κ2) is 14.7. The van der Waals surface area contributed by atoms with E-state index in [0.717, 1.165) is 0 Å². The molecule has 0 nitrogen and oxygen atoms in total. The minimum absolute atomic E-state index is 1.27. The minimum Gasteiger partial charge on any atom is -0.0882 e. The lowest BCUT2D eigenvalue weighted by atomic mass is 10.1. The summed E-state index contributed by atoms with van der Waals surface area (Å²) in [6.45, 7) is 4.54. The van der Waals surface area contributed by atoms with Crippen LogP contribution in [0.25, 0.3) is 0 Å². The van der Waals surface area contributed by atoms with E-state index in [1.165, 1.54) is 70.6 Å². The van der Waals surface area contributed by atoms with Crippen LogP contribution in [0.1, 0.15) is 84.5 Å². The maximum absolute atomic E-state index is 2.34. The third kappa shape index (κ3) is 13.7. The molecule has 0 heterocycles. The molecule has 0 aromatic carbocycles. The van der Waals surface area contributed by atoms with Crippen molar-refractivity contribution in [2.24, 2.45) is 0 Å². The van der Waals surface area contributed by atoms with Gasteiger partial charge in [0, 0.05) is 0 Å². The Labute approximate surface area is 104 Å². The number of unbranched alkanes of at least 4 members (excludes halogenated alkanes) is 10. The zero-order valence-corrected chi connectivity index (χ0v) is 11.5. The Morgan fingerprint density at radius 3 is 1.88 bits per heavy atom. The quantitative estimate of drug-likeness (QED) is 0.352. The molecule has 0 saturated carbocycles. The lowest BCUT2D eigenvalue weighted by molar-refractivity contribution is 0.637. The van der Waals surface area contributed by atoms with Crippen molar-refractivity contribution in [3.8, 4) is 0 Å². The van der Waals surface area contributed by atoms with Gasteiger partial charge in [-0.2, -0.15) is 0 Å². The highest BCUT2D eigenvalue weighted by molar-refractivity contribution is 4.94. The molecule has 16 heavy (non-hydrogen) atoms. The van der Waals surface area contributed by atoms with Gasteiger partial charge in [0.25, 0.3) is 0 Å². The smallest absolute Gasteiger partial charge is 0.0171 e. The van der Waals surface area contributed by atoms with E-state index in [4.69, 9.17) is 0 Å². The molecule has 0 atom stereocenters. The first kappa shape index (κ1) is 15.7. The first-order chi connectivity index (χ1) is 7.91. The van der Waals surface area contributed by atoms with Gasteiger partial charge in [-0.05, 0) is 25.7 Å². The van der Waals surface area contributed by atoms with Gasteiger partial charge in [0.1, 0.15) is 0 Å². The van der Waals surface area contributed by atoms with Crippen molar-refractivity contribution in [3.05, 3.63) is 18.6 Å². The Kier molecular flexibility index (Phi) is 14.5. The topological polar surface area (TPSA) is 0 Å². The van der Waals surface area contributed by atoms with E-state index in [9.17, 15) is 0 Å². The first-order valence-electron chi connectivity index (χ1n) is 7.40. The van der Waals surface area contributed by atoms with Crippen molar-refractivity contribution in [1.82, 2.24) is 0 Å². The highest BCUT2D eigenvalue weighted by Gasteiger charge is 1.88. The van der Waals surface area contributed by atoms with Crippen LogP contribution in [-0.2, 0) is 0 Å². The van der Waals surface area contributed by atoms with Crippen LogP contribution in [0.15, 0.2) is 12.2 Å². The lowest BCUT2D eigenvalue weighted by Crippen LogP contribution is -1.78. The molecule has 0 aliphatic carbocycles. The van der Waals surface area contributed by atoms with E-state index in [1.54, 1.807) is 0 Å². The maximum Gasteiger partial charge on any atom is -0.0171 e. The highest BCUT2D eigenvalue weighted by Crippen LogP contribution is 2.07. The highest BCUT2D eigenvalue weighted by atomic mass is 13.9. The Balaban J connectivity index is 2.98. The fourth-order valence-corrected chi connectivity index (χ4v) is 1.84. The molecular formula is C16H31. The number of hydrogen-bond donors (Lipinski definition) is 0. The van der Waals surface area contributed by atoms with Gasteiger partial charge < -0.3 is 0 Å². The Morgan fingerprint density at radius 1 is 0.625 bits per heavy atom. The van der Waals surface area contributed by atoms with Crippen LogP contribution < -0.4 is 0 Å². The van der Waals surface area contributed by atoms with Crippen molar-refractivity contribution in [3.63, 3.8) is 0 Å². The molecule has 0 N–H and O–H groups in total. The summed E-state index contributed by atoms with van der Waals surface area (Å²) < 4.78 is 0. The molecule has 1 radical (unpaired) electrons. The molecule has 0 fully saturated rings. The molecule has 0 aliphatic heterocycles. The molecule has 0 amide bonds. The van der Waals surface area contributed by atoms with E-state index in [1.807, 2.05) is 0 Å². The summed E-state index contributed by atoms with van der Waals surface area (Å²) in [5, 5.41) is 0. The Morgan fingerprint density at radius 2 is 1.19 bits per heavy atom. The van der Waals surface area contributed by atoms with Crippen LogP contribution in [0.2, 0.25) is 0 Å². The average Bonchev–Trinajstić information content (AvgIpc) is 2.31. The molecule has 0 heteroatoms. The molecule has 0 bridgehead atoms. The fourth-order valence-electron chi connectivity index (χ4n) is 1.84. The largest absolute Gasteiger partial charge is 0.0882 e. The van der Waals surface area contributed by atoms with E-state index in [-0.39, 0.29) is 0 Å². The van der Waals surface area contributed by atoms with Crippen molar-refractivity contribution >= 4 is 0 Å². The summed E-state index contributed by atoms with van der Waals surface area (Å²) in [6.07, 6.45) is 22.0. The van der Waals surface area contributed by atoms with Gasteiger partial charge >= 0.3 is 0 Å². The summed E-state index contributed by atoms with van der Waals surface area (Å²) in [4.78, 5) is 0. The van der Waals surface area contributed by atoms with Gasteiger partial charge in [0.05, 0.1) is 0 Å². The third-order valence-electron chi connectivity index (χ3n) is 2.97. The number of allylic oxidation sites excluding steroid dienone is 2. The molecule has 0 aromatic heterocycles. The van der Waals surface area contributed by atoms with Crippen molar-refractivity contribution in [2.75, 3.05) is 0 Å². The van der Waals surface area contributed by atoms with E-state index >= 15 is 0 Å². The first-order valence-corrected chi connectivity index (χ1v) is 7.40. The number of rotatable bonds is 12. The average molecular weight is 223 g/mol. The molecule has 0 aliphatic rings. The second-order valence-electron chi connectivity index (χ2n) is 4.72. The normalized spacial score (nSPS) is 11.4. The standard InChI is InChI=1S/C16H31/c1-3-5-7-9-11-13-15-16-14-12-10-8-6-4-2/h13,15-16H,3-12,14H2,1-2H3/b16-15+. The molecule has 95 valence electrons. The monoisotopic (exact) mass is 223 g/mol. The van der Waals surface area contributed by atoms with Gasteiger partial charge in [-0.15, -0.1) is 0 Å². The van der Waals surface area contributed by atoms with Crippen LogP contribution in [0.3, 0.4) is 0 Å². The molecule has 0 aromatic rings. The zero-order valence-electron chi connectivity index (χ0n) is 11.5. The Bertz CT molecular complexity index is 119. The second-order valence-corrected chi connectivity index (χ2v) is 4.72. The van der Waals surface area contributed by atoms with Crippen molar-refractivity contribution in [2.45, 2.75) is 84.5 Å². The Hall–Kier alpha value is -0.260.